The molecular weight excluding hydrogens is 1580 g/mol. The van der Waals surface area contributed by atoms with E-state index in [0.717, 1.165) is 31.4 Å². The van der Waals surface area contributed by atoms with Crippen molar-refractivity contribution in [2.45, 2.75) is 38.1 Å². The number of anilines is 3. The molecule has 120 heavy (non-hydrogen) atoms. The Morgan fingerprint density at radius 2 is 0.958 bits per heavy atom. The van der Waals surface area contributed by atoms with E-state index >= 15 is 0 Å². The topological polar surface area (TPSA) is 648 Å². The van der Waals surface area contributed by atoms with Gasteiger partial charge in [0, 0.05) is 55.5 Å². The smallest absolute Gasteiger partial charge is 0.870 e. The number of amides is 1. The van der Waals surface area contributed by atoms with E-state index in [9.17, 15) is 43.5 Å². The predicted molar refractivity (Wildman–Crippen MR) is 430 cm³/mol. The third-order valence-electron chi connectivity index (χ3n) is 16.1. The number of nitrogens with one attached hydrogen (secondary N) is 5. The number of nitrogen functional groups attached to an aromatic ring is 3. The Morgan fingerprint density at radius 1 is 0.525 bits per heavy atom. The third-order valence-corrected chi connectivity index (χ3v) is 16.1. The first kappa shape index (κ1) is 94.6. The van der Waals surface area contributed by atoms with Crippen molar-refractivity contribution in [1.82, 2.24) is 124 Å². The maximum Gasteiger partial charge on any atom is 1.00 e. The number of aliphatic imine (C=N–C) groups is 2. The first-order chi connectivity index (χ1) is 56.4. The molecule has 0 fully saturated rings. The maximum atomic E-state index is 13.6. The van der Waals surface area contributed by atoms with Gasteiger partial charge in [-0.2, -0.15) is 60.4 Å². The van der Waals surface area contributed by atoms with Gasteiger partial charge in [-0.3, -0.25) is 68.6 Å². The second-order valence-corrected chi connectivity index (χ2v) is 25.1. The summed E-state index contributed by atoms with van der Waals surface area (Å²) < 4.78 is 34.6. The van der Waals surface area contributed by atoms with Crippen LogP contribution >= 0.6 is 0 Å². The molecule has 0 bridgehead atoms. The van der Waals surface area contributed by atoms with Gasteiger partial charge in [-0.15, -0.1) is 0 Å². The van der Waals surface area contributed by atoms with Crippen LogP contribution < -0.4 is 83.0 Å². The number of nitrogens with two attached hydrogens (primary N) is 3. The molecular formula is C71H87N30NaO18. The minimum absolute atomic E-state index is 0. The molecule has 49 heteroatoms. The van der Waals surface area contributed by atoms with Gasteiger partial charge in [0.15, 0.2) is 28.2 Å². The largest absolute Gasteiger partial charge is 1.00 e. The molecule has 15 N–H and O–H groups in total. The minimum atomic E-state index is -1.16. The molecule has 630 valence electrons. The normalized spacial score (nSPS) is 10.9. The summed E-state index contributed by atoms with van der Waals surface area (Å²) in [7, 11) is 20.0. The standard InChI is InChI=1S/C34H36N8O5.C10H12N6O3.C9H11N5O3.C7H7N5O3.C6H7N5O.C5H13NO2.Na.H2O/c1-40(2)23-35-33-38-31-28(32(46)39-33)20-37-42(31)21-29(43)41(22-30(44)45)19-18-36-34(24-10-6-4-7-11-24,25-12-8-5-9-13-25)26-14-16-27(47-3)17-15-26;1-15(2)5-11-10-13-8-6(9(19)14-10)3-12-16(8)4-7(17)18;1-16-6(15)4-14-7-5(3-11-14)8(17-2)13-9(10)12-7;8-7-10-5-3(6(15)11-7)1-9-12(5)2-4(13)14;1-12-5-3-2-8-11-4(3)9-6(7)10-5;1-6(2)5(7-3)8-4;;/h4-17,20,23,36H,18-19,21-22H2,1-3H3,(H,44,45)(H,38,39,46);3,5H,4H2,1-2H3,(H,17,18)(H,13,14,19);3H,4H2,1-2H3,(H2,10,12,13);1H,2H2,(H,13,14)(H3,8,10,11,15);2H,1H3,(H3,7,8,9,10,11);5H,1-4H3;;1H2/q;;;;;;+1;/p-1. The number of carboxylic acids is 3. The Morgan fingerprint density at radius 3 is 1.39 bits per heavy atom. The van der Waals surface area contributed by atoms with Gasteiger partial charge in [0.05, 0.1) is 77.6 Å². The zero-order valence-electron chi connectivity index (χ0n) is 67.2. The predicted octanol–water partition coefficient (Wildman–Crippen LogP) is -2.46. The Labute approximate surface area is 701 Å². The second kappa shape index (κ2) is 44.7. The Hall–Kier alpha value is -14.3. The van der Waals surface area contributed by atoms with Gasteiger partial charge in [-0.1, -0.05) is 72.8 Å². The molecule has 0 saturated carbocycles. The van der Waals surface area contributed by atoms with Gasteiger partial charge in [0.25, 0.3) is 16.7 Å². The molecule has 10 aromatic heterocycles. The molecule has 0 aliphatic carbocycles. The molecule has 13 aromatic rings. The van der Waals surface area contributed by atoms with Crippen molar-refractivity contribution in [3.63, 3.8) is 0 Å². The molecule has 1 amide bonds. The van der Waals surface area contributed by atoms with Crippen LogP contribution in [0.4, 0.5) is 29.7 Å². The van der Waals surface area contributed by atoms with Crippen molar-refractivity contribution >= 4 is 127 Å². The van der Waals surface area contributed by atoms with Crippen molar-refractivity contribution in [2.24, 2.45) is 9.98 Å². The number of benzene rings is 3. The van der Waals surface area contributed by atoms with Gasteiger partial charge in [-0.05, 0) is 42.9 Å². The summed E-state index contributed by atoms with van der Waals surface area (Å²) in [6.45, 7) is -1.33. The number of aliphatic carboxylic acids is 3. The van der Waals surface area contributed by atoms with Crippen molar-refractivity contribution in [3.05, 3.63) is 164 Å². The number of H-pyrrole nitrogens is 4. The number of ether oxygens (including phenoxy) is 6. The van der Waals surface area contributed by atoms with Gasteiger partial charge in [0.1, 0.15) is 65.4 Å². The molecule has 13 rings (SSSR count). The number of methoxy groups -OCH3 is 6. The van der Waals surface area contributed by atoms with Gasteiger partial charge in [-0.25, -0.2) is 28.7 Å². The van der Waals surface area contributed by atoms with Crippen molar-refractivity contribution in [2.75, 3.05) is 122 Å². The van der Waals surface area contributed by atoms with Crippen LogP contribution in [0.2, 0.25) is 0 Å². The number of carbonyl (C=O) groups excluding carboxylic acids is 2. The monoisotopic (exact) mass is 1670 g/mol. The van der Waals surface area contributed by atoms with E-state index in [4.69, 9.17) is 51.1 Å². The molecule has 10 heterocycles. The molecule has 0 spiro atoms. The van der Waals surface area contributed by atoms with Crippen LogP contribution in [-0.2, 0) is 69.9 Å². The summed E-state index contributed by atoms with van der Waals surface area (Å²) in [5.41, 5.74) is 18.5. The van der Waals surface area contributed by atoms with Gasteiger partial charge >= 0.3 is 53.4 Å². The molecule has 0 aliphatic heterocycles. The fourth-order valence-corrected chi connectivity index (χ4v) is 10.9. The fraction of sp³-hybridized carbons (Fsp3) is 0.296. The van der Waals surface area contributed by atoms with E-state index in [-0.39, 0.29) is 144 Å². The Balaban J connectivity index is 0.000000251. The maximum absolute atomic E-state index is 13.6. The molecule has 0 saturated heterocycles. The third kappa shape index (κ3) is 25.1. The van der Waals surface area contributed by atoms with Gasteiger partial charge < -0.3 is 81.1 Å². The molecule has 3 aromatic carbocycles. The summed E-state index contributed by atoms with van der Waals surface area (Å²) in [6, 6.07) is 27.6. The van der Waals surface area contributed by atoms with E-state index in [1.807, 2.05) is 104 Å². The van der Waals surface area contributed by atoms with Crippen molar-refractivity contribution in [1.29, 1.82) is 0 Å². The SMILES string of the molecule is CN(C)C=Nc1nc2c(cnn2CC(=O)O)c(=O)[nH]1.COC(=O)Cn1ncc2c(OC)nc(N)nc21.COC(OC)N(C)C.COc1ccc(C(NCCN(CC(=O)O)C(=O)Cn2ncc3c(=O)[nH]c(N=CN(C)C)nc32)(c2ccccc2)c2ccccc2)cc1.COc1nc(N)nc2[nH]ncc12.Nc1nc2c(cnn2CC(=O)O)c(=O)[nH]1.[Na+].[OH-]. The van der Waals surface area contributed by atoms with Crippen LogP contribution in [0.5, 0.6) is 17.5 Å². The van der Waals surface area contributed by atoms with Crippen LogP contribution in [-0.4, -0.2) is 293 Å². The zero-order chi connectivity index (χ0) is 85.9. The number of aromatic nitrogens is 20. The number of hydrogen-bond donors (Lipinski definition) is 11. The number of esters is 1. The first-order valence-corrected chi connectivity index (χ1v) is 34.7. The van der Waals surface area contributed by atoms with Crippen molar-refractivity contribution < 1.29 is 103 Å². The fourth-order valence-electron chi connectivity index (χ4n) is 10.9. The van der Waals surface area contributed by atoms with Crippen LogP contribution in [0, 0.1) is 0 Å². The van der Waals surface area contributed by atoms with E-state index < -0.39 is 58.5 Å². The minimum Gasteiger partial charge on any atom is -0.870 e. The zero-order valence-corrected chi connectivity index (χ0v) is 69.2. The van der Waals surface area contributed by atoms with E-state index in [1.165, 1.54) is 73.1 Å². The number of nitrogens with zero attached hydrogens (tertiary/aromatic N) is 22. The molecule has 48 nitrogen and oxygen atoms in total. The molecule has 0 aliphatic rings. The number of rotatable bonds is 27. The van der Waals surface area contributed by atoms with Crippen LogP contribution in [0.1, 0.15) is 16.7 Å². The van der Waals surface area contributed by atoms with Crippen LogP contribution in [0.25, 0.3) is 55.2 Å². The van der Waals surface area contributed by atoms with E-state index in [1.54, 1.807) is 65.5 Å². The Kier molecular flexibility index (Phi) is 35.2. The van der Waals surface area contributed by atoms with Crippen LogP contribution in [0.3, 0.4) is 0 Å². The number of hydrogen-bond acceptors (Lipinski definition) is 34. The average Bonchev–Trinajstić information content (AvgIpc) is 0.874. The average molecular weight is 1670 g/mol. The van der Waals surface area contributed by atoms with Gasteiger partial charge in [0.2, 0.25) is 53.8 Å². The molecule has 0 unspecified atom stereocenters. The Bertz CT molecular complexity index is 5790. The number of carboxylic acid groups (broad SMARTS) is 3. The summed E-state index contributed by atoms with van der Waals surface area (Å²) in [4.78, 5) is 143. The quantitative estimate of drug-likeness (QED) is 0.00635. The number of fused-ring (bicyclic) bond motifs is 5. The number of aromatic amines is 4. The second-order valence-electron chi connectivity index (χ2n) is 25.1. The number of carbonyl (C=O) groups is 5. The molecule has 0 radical (unpaired) electrons. The first-order valence-electron chi connectivity index (χ1n) is 34.7. The van der Waals surface area contributed by atoms with Crippen molar-refractivity contribution in [3.8, 4) is 17.5 Å². The van der Waals surface area contributed by atoms with Crippen LogP contribution in [0.15, 0.2) is 140 Å². The summed E-state index contributed by atoms with van der Waals surface area (Å²) in [6.07, 6.45) is 9.70. The summed E-state index contributed by atoms with van der Waals surface area (Å²) >= 11 is 0. The van der Waals surface area contributed by atoms with E-state index in [2.05, 4.69) is 100 Å². The van der Waals surface area contributed by atoms with E-state index in [0.29, 0.717) is 34.2 Å². The summed E-state index contributed by atoms with van der Waals surface area (Å²) in [5.74, 6) is -2.45. The molecule has 0 atom stereocenters. The summed E-state index contributed by atoms with van der Waals surface area (Å²) in [5, 5.41) is 54.9.